The van der Waals surface area contributed by atoms with Crippen molar-refractivity contribution in [2.75, 3.05) is 39.6 Å². The summed E-state index contributed by atoms with van der Waals surface area (Å²) in [5.41, 5.74) is 5.42. The first-order chi connectivity index (χ1) is 22.3. The van der Waals surface area contributed by atoms with E-state index in [1.54, 1.807) is 0 Å². The first kappa shape index (κ1) is 40.6. The van der Waals surface area contributed by atoms with Gasteiger partial charge in [-0.3, -0.25) is 0 Å². The fourth-order valence-electron chi connectivity index (χ4n) is 5.39. The Morgan fingerprint density at radius 2 is 1.21 bits per heavy atom. The van der Waals surface area contributed by atoms with Gasteiger partial charge < -0.3 is 100 Å². The van der Waals surface area contributed by atoms with E-state index in [9.17, 15) is 61.3 Å². The van der Waals surface area contributed by atoms with Gasteiger partial charge in [-0.05, 0) is 26.3 Å². The molecule has 0 aliphatic carbocycles. The van der Waals surface area contributed by atoms with E-state index in [1.165, 1.54) is 6.92 Å². The summed E-state index contributed by atoms with van der Waals surface area (Å²) in [6, 6.07) is 0. The summed E-state index contributed by atoms with van der Waals surface area (Å²) in [7, 11) is 0. The van der Waals surface area contributed by atoms with E-state index in [-0.39, 0.29) is 13.2 Å². The van der Waals surface area contributed by atoms with E-state index in [0.717, 1.165) is 0 Å². The zero-order valence-electron chi connectivity index (χ0n) is 25.9. The van der Waals surface area contributed by atoms with Crippen molar-refractivity contribution in [3.05, 3.63) is 0 Å². The summed E-state index contributed by atoms with van der Waals surface area (Å²) in [4.78, 5) is 0. The molecule has 3 rings (SSSR count). The lowest BCUT2D eigenvalue weighted by Crippen LogP contribution is -2.66. The molecule has 18 atom stereocenters. The second-order valence-electron chi connectivity index (χ2n) is 11.8. The average Bonchev–Trinajstić information content (AvgIpc) is 3.06. The van der Waals surface area contributed by atoms with E-state index < -0.39 is 130 Å². The quantitative estimate of drug-likeness (QED) is 0.0629. The van der Waals surface area contributed by atoms with Crippen LogP contribution in [-0.4, -0.2) is 211 Å². The van der Waals surface area contributed by atoms with Gasteiger partial charge in [-0.25, -0.2) is 0 Å². The lowest BCUT2D eigenvalue weighted by Gasteiger charge is -2.48. The molecule has 0 aromatic rings. The third kappa shape index (κ3) is 9.92. The normalized spacial score (nSPS) is 43.4. The summed E-state index contributed by atoms with van der Waals surface area (Å²) in [6.45, 7) is -0.671. The van der Waals surface area contributed by atoms with Gasteiger partial charge >= 0.3 is 0 Å². The van der Waals surface area contributed by atoms with E-state index in [4.69, 9.17) is 38.9 Å². The van der Waals surface area contributed by atoms with Crippen molar-refractivity contribution in [2.24, 2.45) is 5.73 Å². The molecule has 47 heavy (non-hydrogen) atoms. The van der Waals surface area contributed by atoms with Gasteiger partial charge in [0.1, 0.15) is 85.5 Å². The number of hydrogen-bond acceptors (Lipinski definition) is 20. The maximum absolute atomic E-state index is 11.1. The van der Waals surface area contributed by atoms with Crippen molar-refractivity contribution < 1.29 is 94.4 Å². The highest BCUT2D eigenvalue weighted by Gasteiger charge is 2.53. The molecular formula is C27H51NO19. The highest BCUT2D eigenvalue weighted by atomic mass is 16.8. The summed E-state index contributed by atoms with van der Waals surface area (Å²) >= 11 is 0. The van der Waals surface area contributed by atoms with Gasteiger partial charge in [0.25, 0.3) is 0 Å². The smallest absolute Gasteiger partial charge is 0.187 e. The van der Waals surface area contributed by atoms with Gasteiger partial charge in [0.05, 0.1) is 32.5 Å². The van der Waals surface area contributed by atoms with Crippen LogP contribution in [-0.2, 0) is 33.2 Å². The zero-order chi connectivity index (χ0) is 35.0. The van der Waals surface area contributed by atoms with Gasteiger partial charge in [-0.15, -0.1) is 0 Å². The molecule has 0 aromatic heterocycles. The van der Waals surface area contributed by atoms with Crippen LogP contribution in [0.25, 0.3) is 0 Å². The van der Waals surface area contributed by atoms with E-state index in [2.05, 4.69) is 0 Å². The van der Waals surface area contributed by atoms with E-state index >= 15 is 0 Å². The molecule has 0 radical (unpaired) electrons. The maximum Gasteiger partial charge on any atom is 0.187 e. The molecule has 3 heterocycles. The monoisotopic (exact) mass is 693 g/mol. The lowest BCUT2D eigenvalue weighted by molar-refractivity contribution is -0.382. The standard InChI is InChI=1S/C27H51NO19/c1-10-15(33)23(21(39)26(42-10)43-12(6-29)16(34)11(32)9-41-5-3-2-4-28)46-27-22(40)24(18(36)14(8-31)45-27)47-25-20(38)19(37)17(35)13(7-30)44-25/h10-27,29-40H,2-9,28H2,1H3/t10-,11-,12+,13+,14+,15-,16-,17-,18+,19-,20+,21+,22+,23+,24-,25+,26-,27+/m0/s1. The second kappa shape index (κ2) is 19.0. The van der Waals surface area contributed by atoms with Crippen molar-refractivity contribution in [1.82, 2.24) is 0 Å². The molecule has 3 aliphatic heterocycles. The maximum atomic E-state index is 11.1. The summed E-state index contributed by atoms with van der Waals surface area (Å²) < 4.78 is 38.4. The van der Waals surface area contributed by atoms with Crippen LogP contribution in [0.1, 0.15) is 19.8 Å². The van der Waals surface area contributed by atoms with Gasteiger partial charge in [-0.2, -0.15) is 0 Å². The predicted molar refractivity (Wildman–Crippen MR) is 151 cm³/mol. The van der Waals surface area contributed by atoms with Crippen molar-refractivity contribution in [1.29, 1.82) is 0 Å². The topological polar surface area (TPSA) is 333 Å². The number of rotatable bonds is 17. The molecule has 14 N–H and O–H groups in total. The SMILES string of the molecule is C[C@@H]1O[C@@H](O[C@H](CO)[C@@H](O)[C@@H](O)COCCCCN)[C@H](O)[C@H](O[C@H]2O[C@H](CO)[C@@H](O)[C@H](O[C@H]3O[C@H](CO)[C@H](O)[C@H](O)[C@H]3O)[C@H]2O)[C@H]1O. The Kier molecular flexibility index (Phi) is 16.4. The van der Waals surface area contributed by atoms with Crippen molar-refractivity contribution >= 4 is 0 Å². The number of nitrogens with two attached hydrogens (primary N) is 1. The van der Waals surface area contributed by atoms with Crippen LogP contribution in [0, 0.1) is 0 Å². The Morgan fingerprint density at radius 1 is 0.660 bits per heavy atom. The molecule has 0 unspecified atom stereocenters. The van der Waals surface area contributed by atoms with Gasteiger partial charge in [0.15, 0.2) is 18.9 Å². The minimum Gasteiger partial charge on any atom is -0.394 e. The Hall–Kier alpha value is -0.800. The zero-order valence-corrected chi connectivity index (χ0v) is 25.9. The number of ether oxygens (including phenoxy) is 7. The summed E-state index contributed by atoms with van der Waals surface area (Å²) in [5, 5.41) is 124. The minimum absolute atomic E-state index is 0.266. The first-order valence-electron chi connectivity index (χ1n) is 15.5. The highest BCUT2D eigenvalue weighted by molar-refractivity contribution is 4.96. The van der Waals surface area contributed by atoms with Crippen LogP contribution >= 0.6 is 0 Å². The highest BCUT2D eigenvalue weighted by Crippen LogP contribution is 2.33. The Bertz CT molecular complexity index is 893. The Labute approximate surface area is 270 Å². The Morgan fingerprint density at radius 3 is 1.79 bits per heavy atom. The number of hydrogen-bond donors (Lipinski definition) is 13. The van der Waals surface area contributed by atoms with E-state index in [1.807, 2.05) is 0 Å². The summed E-state index contributed by atoms with van der Waals surface area (Å²) in [6.07, 6.45) is -28.9. The fraction of sp³-hybridized carbons (Fsp3) is 1.00. The first-order valence-corrected chi connectivity index (χ1v) is 15.5. The van der Waals surface area contributed by atoms with Crippen LogP contribution in [0.15, 0.2) is 0 Å². The van der Waals surface area contributed by atoms with E-state index in [0.29, 0.717) is 19.4 Å². The number of unbranched alkanes of at least 4 members (excludes halogenated alkanes) is 1. The van der Waals surface area contributed by atoms with Crippen molar-refractivity contribution in [2.45, 2.75) is 130 Å². The molecular weight excluding hydrogens is 642 g/mol. The van der Waals surface area contributed by atoms with Crippen LogP contribution < -0.4 is 5.73 Å². The van der Waals surface area contributed by atoms with Crippen molar-refractivity contribution in [3.8, 4) is 0 Å². The minimum atomic E-state index is -1.97. The fourth-order valence-corrected chi connectivity index (χ4v) is 5.39. The molecule has 20 heteroatoms. The van der Waals surface area contributed by atoms with Crippen molar-refractivity contribution in [3.63, 3.8) is 0 Å². The van der Waals surface area contributed by atoms with Crippen LogP contribution in [0.4, 0.5) is 0 Å². The van der Waals surface area contributed by atoms with Gasteiger partial charge in [0.2, 0.25) is 0 Å². The molecule has 0 spiro atoms. The third-order valence-corrected chi connectivity index (χ3v) is 8.33. The molecule has 3 saturated heterocycles. The van der Waals surface area contributed by atoms with Crippen LogP contribution in [0.3, 0.4) is 0 Å². The van der Waals surface area contributed by atoms with Crippen LogP contribution in [0.5, 0.6) is 0 Å². The summed E-state index contributed by atoms with van der Waals surface area (Å²) in [5.74, 6) is 0. The molecule has 0 bridgehead atoms. The van der Waals surface area contributed by atoms with Crippen LogP contribution in [0.2, 0.25) is 0 Å². The number of aliphatic hydroxyl groups is 12. The Balaban J connectivity index is 1.71. The predicted octanol–water partition coefficient (Wildman–Crippen LogP) is -7.68. The second-order valence-corrected chi connectivity index (χ2v) is 11.8. The molecule has 3 fully saturated rings. The molecule has 0 saturated carbocycles. The molecule has 0 amide bonds. The molecule has 0 aromatic carbocycles. The van der Waals surface area contributed by atoms with Gasteiger partial charge in [0, 0.05) is 6.61 Å². The third-order valence-electron chi connectivity index (χ3n) is 8.33. The largest absolute Gasteiger partial charge is 0.394 e. The number of aliphatic hydroxyl groups excluding tert-OH is 12. The molecule has 278 valence electrons. The average molecular weight is 694 g/mol. The lowest BCUT2D eigenvalue weighted by atomic mass is 9.96. The van der Waals surface area contributed by atoms with Gasteiger partial charge in [-0.1, -0.05) is 0 Å². The molecule has 3 aliphatic rings. The molecule has 20 nitrogen and oxygen atoms in total.